The van der Waals surface area contributed by atoms with Crippen LogP contribution in [0.3, 0.4) is 0 Å². The Bertz CT molecular complexity index is 1030. The largest absolute Gasteiger partial charge is 0.465 e. The first-order valence-corrected chi connectivity index (χ1v) is 10.6. The fourth-order valence-electron chi connectivity index (χ4n) is 3.76. The van der Waals surface area contributed by atoms with Crippen molar-refractivity contribution in [2.45, 2.75) is 6.54 Å². The van der Waals surface area contributed by atoms with Gasteiger partial charge in [0.2, 0.25) is 0 Å². The highest BCUT2D eigenvalue weighted by atomic mass is 16.5. The first kappa shape index (κ1) is 21.4. The van der Waals surface area contributed by atoms with Gasteiger partial charge in [-0.25, -0.2) is 14.6 Å². The number of benzene rings is 2. The van der Waals surface area contributed by atoms with Gasteiger partial charge in [-0.3, -0.25) is 4.90 Å². The van der Waals surface area contributed by atoms with Crippen LogP contribution in [0, 0.1) is 0 Å². The van der Waals surface area contributed by atoms with Crippen molar-refractivity contribution in [1.29, 1.82) is 0 Å². The summed E-state index contributed by atoms with van der Waals surface area (Å²) < 4.78 is 4.77. The van der Waals surface area contributed by atoms with Crippen molar-refractivity contribution >= 4 is 23.5 Å². The standard InChI is InChI=1S/C25H26N4O3/c1-32-24(30)21-12-10-20(11-13-21)19-29(22-7-3-2-4-8-22)25(31)28-17-15-27(16-18-28)23-9-5-6-14-26-23/h2-14H,15-19H2,1H3. The molecular formula is C25H26N4O3. The molecule has 0 saturated carbocycles. The first-order chi connectivity index (χ1) is 15.7. The number of pyridine rings is 1. The number of rotatable bonds is 5. The molecule has 1 fully saturated rings. The van der Waals surface area contributed by atoms with E-state index in [0.29, 0.717) is 25.2 Å². The van der Waals surface area contributed by atoms with Gasteiger partial charge in [-0.15, -0.1) is 0 Å². The lowest BCUT2D eigenvalue weighted by atomic mass is 10.1. The molecule has 1 aliphatic heterocycles. The maximum absolute atomic E-state index is 13.5. The Labute approximate surface area is 187 Å². The van der Waals surface area contributed by atoms with Crippen molar-refractivity contribution in [3.63, 3.8) is 0 Å². The van der Waals surface area contributed by atoms with Crippen molar-refractivity contribution in [3.8, 4) is 0 Å². The molecule has 1 aromatic heterocycles. The topological polar surface area (TPSA) is 66.0 Å². The molecular weight excluding hydrogens is 404 g/mol. The normalized spacial score (nSPS) is 13.5. The minimum atomic E-state index is -0.377. The molecule has 0 N–H and O–H groups in total. The van der Waals surface area contributed by atoms with Gasteiger partial charge in [-0.05, 0) is 42.0 Å². The number of ether oxygens (including phenoxy) is 1. The Hall–Kier alpha value is -3.87. The van der Waals surface area contributed by atoms with E-state index >= 15 is 0 Å². The van der Waals surface area contributed by atoms with Crippen LogP contribution in [0.2, 0.25) is 0 Å². The Morgan fingerprint density at radius 3 is 2.22 bits per heavy atom. The van der Waals surface area contributed by atoms with Crippen molar-refractivity contribution < 1.29 is 14.3 Å². The van der Waals surface area contributed by atoms with Crippen LogP contribution in [-0.4, -0.2) is 55.2 Å². The zero-order valence-electron chi connectivity index (χ0n) is 18.1. The molecule has 7 nitrogen and oxygen atoms in total. The van der Waals surface area contributed by atoms with E-state index in [2.05, 4.69) is 9.88 Å². The molecule has 3 aromatic rings. The van der Waals surface area contributed by atoms with Gasteiger partial charge in [0.25, 0.3) is 0 Å². The zero-order chi connectivity index (χ0) is 22.3. The predicted octanol–water partition coefficient (Wildman–Crippen LogP) is 3.82. The van der Waals surface area contributed by atoms with Crippen LogP contribution >= 0.6 is 0 Å². The van der Waals surface area contributed by atoms with Crippen LogP contribution in [0.25, 0.3) is 0 Å². The third-order valence-corrected chi connectivity index (χ3v) is 5.54. The molecule has 164 valence electrons. The van der Waals surface area contributed by atoms with E-state index in [1.54, 1.807) is 23.2 Å². The van der Waals surface area contributed by atoms with Gasteiger partial charge in [0.1, 0.15) is 5.82 Å². The smallest absolute Gasteiger partial charge is 0.337 e. The molecule has 0 spiro atoms. The molecule has 1 aliphatic rings. The number of anilines is 2. The number of methoxy groups -OCH3 is 1. The lowest BCUT2D eigenvalue weighted by molar-refractivity contribution is 0.0600. The summed E-state index contributed by atoms with van der Waals surface area (Å²) in [4.78, 5) is 35.5. The molecule has 2 heterocycles. The molecule has 7 heteroatoms. The van der Waals surface area contributed by atoms with Gasteiger partial charge in [-0.1, -0.05) is 36.4 Å². The summed E-state index contributed by atoms with van der Waals surface area (Å²) in [6, 6.07) is 22.6. The average molecular weight is 431 g/mol. The number of carbonyl (C=O) groups excluding carboxylic acids is 2. The SMILES string of the molecule is COC(=O)c1ccc(CN(C(=O)N2CCN(c3ccccn3)CC2)c2ccccc2)cc1. The van der Waals surface area contributed by atoms with Gasteiger partial charge in [0, 0.05) is 38.1 Å². The summed E-state index contributed by atoms with van der Waals surface area (Å²) in [7, 11) is 1.36. The second-order valence-corrected chi connectivity index (χ2v) is 7.55. The van der Waals surface area contributed by atoms with Crippen LogP contribution in [-0.2, 0) is 11.3 Å². The Morgan fingerprint density at radius 2 is 1.59 bits per heavy atom. The number of hydrogen-bond donors (Lipinski definition) is 0. The molecule has 0 aliphatic carbocycles. The highest BCUT2D eigenvalue weighted by Crippen LogP contribution is 2.21. The van der Waals surface area contributed by atoms with Crippen molar-refractivity contribution in [2.75, 3.05) is 43.1 Å². The van der Waals surface area contributed by atoms with Crippen LogP contribution < -0.4 is 9.80 Å². The molecule has 1 saturated heterocycles. The summed E-state index contributed by atoms with van der Waals surface area (Å²) >= 11 is 0. The van der Waals surface area contributed by atoms with Gasteiger partial charge in [0.15, 0.2) is 0 Å². The van der Waals surface area contributed by atoms with E-state index in [0.717, 1.165) is 30.2 Å². The maximum Gasteiger partial charge on any atom is 0.337 e. The van der Waals surface area contributed by atoms with Gasteiger partial charge >= 0.3 is 12.0 Å². The van der Waals surface area contributed by atoms with E-state index in [1.807, 2.05) is 65.6 Å². The molecule has 32 heavy (non-hydrogen) atoms. The van der Waals surface area contributed by atoms with E-state index in [-0.39, 0.29) is 12.0 Å². The van der Waals surface area contributed by atoms with Crippen LogP contribution in [0.1, 0.15) is 15.9 Å². The molecule has 2 aromatic carbocycles. The van der Waals surface area contributed by atoms with Crippen molar-refractivity contribution in [3.05, 3.63) is 90.1 Å². The minimum absolute atomic E-state index is 0.0334. The predicted molar refractivity (Wildman–Crippen MR) is 124 cm³/mol. The highest BCUT2D eigenvalue weighted by molar-refractivity contribution is 5.92. The fraction of sp³-hybridized carbons (Fsp3) is 0.240. The lowest BCUT2D eigenvalue weighted by Crippen LogP contribution is -2.53. The van der Waals surface area contributed by atoms with Crippen molar-refractivity contribution in [2.24, 2.45) is 0 Å². The number of nitrogens with zero attached hydrogens (tertiary/aromatic N) is 4. The number of amides is 2. The molecule has 0 radical (unpaired) electrons. The Kier molecular flexibility index (Phi) is 6.65. The highest BCUT2D eigenvalue weighted by Gasteiger charge is 2.27. The first-order valence-electron chi connectivity index (χ1n) is 10.6. The van der Waals surface area contributed by atoms with Gasteiger partial charge < -0.3 is 14.5 Å². The summed E-state index contributed by atoms with van der Waals surface area (Å²) in [5.74, 6) is 0.559. The summed E-state index contributed by atoms with van der Waals surface area (Å²) in [6.07, 6.45) is 1.79. The quantitative estimate of drug-likeness (QED) is 0.576. The molecule has 0 bridgehead atoms. The monoisotopic (exact) mass is 430 g/mol. The maximum atomic E-state index is 13.5. The summed E-state index contributed by atoms with van der Waals surface area (Å²) in [5.41, 5.74) is 2.25. The number of aromatic nitrogens is 1. The van der Waals surface area contributed by atoms with Crippen LogP contribution in [0.5, 0.6) is 0 Å². The zero-order valence-corrected chi connectivity index (χ0v) is 18.1. The number of hydrogen-bond acceptors (Lipinski definition) is 5. The van der Waals surface area contributed by atoms with Crippen molar-refractivity contribution in [1.82, 2.24) is 9.88 Å². The third kappa shape index (κ3) is 4.88. The van der Waals surface area contributed by atoms with E-state index in [4.69, 9.17) is 4.74 Å². The second-order valence-electron chi connectivity index (χ2n) is 7.55. The van der Waals surface area contributed by atoms with Gasteiger partial charge in [-0.2, -0.15) is 0 Å². The van der Waals surface area contributed by atoms with Crippen LogP contribution in [0.15, 0.2) is 79.0 Å². The number of carbonyl (C=O) groups is 2. The average Bonchev–Trinajstić information content (AvgIpc) is 2.88. The minimum Gasteiger partial charge on any atom is -0.465 e. The van der Waals surface area contributed by atoms with E-state index < -0.39 is 0 Å². The Balaban J connectivity index is 1.48. The molecule has 0 unspecified atom stereocenters. The third-order valence-electron chi connectivity index (χ3n) is 5.54. The number of piperazine rings is 1. The Morgan fingerprint density at radius 1 is 0.906 bits per heavy atom. The fourth-order valence-corrected chi connectivity index (χ4v) is 3.76. The van der Waals surface area contributed by atoms with E-state index in [9.17, 15) is 9.59 Å². The second kappa shape index (κ2) is 9.96. The lowest BCUT2D eigenvalue weighted by Gasteiger charge is -2.38. The molecule has 0 atom stereocenters. The summed E-state index contributed by atoms with van der Waals surface area (Å²) in [5, 5.41) is 0. The van der Waals surface area contributed by atoms with E-state index in [1.165, 1.54) is 7.11 Å². The number of urea groups is 1. The number of para-hydroxylation sites is 1. The molecule has 2 amide bonds. The molecule has 4 rings (SSSR count). The summed E-state index contributed by atoms with van der Waals surface area (Å²) in [6.45, 7) is 3.13. The van der Waals surface area contributed by atoms with Crippen LogP contribution in [0.4, 0.5) is 16.3 Å². The van der Waals surface area contributed by atoms with Gasteiger partial charge in [0.05, 0.1) is 19.2 Å². The number of esters is 1.